The molecule has 0 spiro atoms. The molecule has 0 amide bonds. The Morgan fingerprint density at radius 1 is 1.25 bits per heavy atom. The number of hydrogen-bond donors (Lipinski definition) is 1. The van der Waals surface area contributed by atoms with Gasteiger partial charge in [-0.05, 0) is 36.5 Å². The highest BCUT2D eigenvalue weighted by Crippen LogP contribution is 2.40. The molecule has 2 N–H and O–H groups in total. The molecule has 0 atom stereocenters. The van der Waals surface area contributed by atoms with E-state index >= 15 is 0 Å². The van der Waals surface area contributed by atoms with Gasteiger partial charge in [0.1, 0.15) is 0 Å². The van der Waals surface area contributed by atoms with Crippen LogP contribution in [-0.2, 0) is 0 Å². The third-order valence-electron chi connectivity index (χ3n) is 5.00. The molecule has 108 valence electrons. The van der Waals surface area contributed by atoms with Gasteiger partial charge < -0.3 is 10.6 Å². The summed E-state index contributed by atoms with van der Waals surface area (Å²) in [5.41, 5.74) is 8.31. The van der Waals surface area contributed by atoms with Gasteiger partial charge in [0, 0.05) is 18.8 Å². The Balaban J connectivity index is 1.79. The topological polar surface area (TPSA) is 42.2 Å². The number of nitrogens with two attached hydrogens (primary N) is 1. The van der Waals surface area contributed by atoms with Gasteiger partial charge in [0.15, 0.2) is 5.13 Å². The molecule has 1 aromatic carbocycles. The van der Waals surface area contributed by atoms with Crippen molar-refractivity contribution in [3.8, 4) is 0 Å². The molecule has 1 aliphatic heterocycles. The Bertz CT molecular complexity index is 591. The number of benzene rings is 1. The van der Waals surface area contributed by atoms with E-state index in [1.807, 2.05) is 18.2 Å². The van der Waals surface area contributed by atoms with Gasteiger partial charge in [0.05, 0.1) is 10.2 Å². The molecule has 1 saturated heterocycles. The maximum Gasteiger partial charge on any atom is 0.186 e. The average Bonchev–Trinajstić information content (AvgIpc) is 2.90. The van der Waals surface area contributed by atoms with E-state index in [9.17, 15) is 0 Å². The van der Waals surface area contributed by atoms with E-state index in [1.165, 1.54) is 30.4 Å². The number of thiazole rings is 1. The minimum atomic E-state index is 0.567. The third kappa shape index (κ3) is 2.37. The zero-order valence-electron chi connectivity index (χ0n) is 12.4. The Kier molecular flexibility index (Phi) is 3.59. The van der Waals surface area contributed by atoms with Gasteiger partial charge in [0.2, 0.25) is 0 Å². The van der Waals surface area contributed by atoms with Crippen molar-refractivity contribution in [2.24, 2.45) is 5.41 Å². The van der Waals surface area contributed by atoms with E-state index in [0.717, 1.165) is 29.4 Å². The van der Waals surface area contributed by atoms with Crippen LogP contribution in [0, 0.1) is 5.41 Å². The maximum atomic E-state index is 5.85. The van der Waals surface area contributed by atoms with E-state index < -0.39 is 0 Å². The number of hydrogen-bond acceptors (Lipinski definition) is 4. The van der Waals surface area contributed by atoms with Crippen LogP contribution < -0.4 is 10.6 Å². The highest BCUT2D eigenvalue weighted by molar-refractivity contribution is 7.22. The minimum Gasteiger partial charge on any atom is -0.399 e. The highest BCUT2D eigenvalue weighted by atomic mass is 32.1. The van der Waals surface area contributed by atoms with Gasteiger partial charge in [-0.3, -0.25) is 0 Å². The van der Waals surface area contributed by atoms with Crippen LogP contribution in [0.5, 0.6) is 0 Å². The van der Waals surface area contributed by atoms with Crippen molar-refractivity contribution in [3.05, 3.63) is 18.2 Å². The van der Waals surface area contributed by atoms with Crippen molar-refractivity contribution in [1.29, 1.82) is 0 Å². The molecule has 1 aliphatic rings. The van der Waals surface area contributed by atoms with Crippen molar-refractivity contribution in [2.45, 2.75) is 39.5 Å². The quantitative estimate of drug-likeness (QED) is 0.857. The van der Waals surface area contributed by atoms with Gasteiger partial charge in [0.25, 0.3) is 0 Å². The molecule has 0 radical (unpaired) electrons. The number of anilines is 2. The fourth-order valence-corrected chi connectivity index (χ4v) is 4.26. The number of rotatable bonds is 3. The van der Waals surface area contributed by atoms with Gasteiger partial charge >= 0.3 is 0 Å². The molecule has 3 rings (SSSR count). The summed E-state index contributed by atoms with van der Waals surface area (Å²) >= 11 is 1.77. The van der Waals surface area contributed by atoms with Crippen LogP contribution in [-0.4, -0.2) is 18.1 Å². The predicted molar refractivity (Wildman–Crippen MR) is 88.5 cm³/mol. The molecule has 3 nitrogen and oxygen atoms in total. The number of fused-ring (bicyclic) bond motifs is 1. The second-order valence-corrected chi connectivity index (χ2v) is 6.93. The first-order chi connectivity index (χ1) is 9.65. The molecule has 1 aromatic heterocycles. The molecule has 2 aromatic rings. The molecule has 0 bridgehead atoms. The average molecular weight is 289 g/mol. The number of nitrogens with zero attached hydrogens (tertiary/aromatic N) is 2. The normalized spacial score (nSPS) is 18.6. The predicted octanol–water partition coefficient (Wildman–Crippen LogP) is 4.29. The molecular formula is C16H23N3S. The second-order valence-electron chi connectivity index (χ2n) is 5.92. The molecule has 20 heavy (non-hydrogen) atoms. The molecular weight excluding hydrogens is 266 g/mol. The molecule has 1 fully saturated rings. The standard InChI is InChI=1S/C16H23N3S/c1-3-16(4-2)7-9-19(10-8-16)15-18-13-6-5-12(17)11-14(13)20-15/h5-6,11H,3-4,7-10,17H2,1-2H3. The summed E-state index contributed by atoms with van der Waals surface area (Å²) in [6.07, 6.45) is 5.18. The van der Waals surface area contributed by atoms with Gasteiger partial charge in [-0.25, -0.2) is 4.98 Å². The van der Waals surface area contributed by atoms with Crippen LogP contribution in [0.3, 0.4) is 0 Å². The van der Waals surface area contributed by atoms with Crippen molar-refractivity contribution in [3.63, 3.8) is 0 Å². The van der Waals surface area contributed by atoms with Crippen LogP contribution in [0.25, 0.3) is 10.2 Å². The Morgan fingerprint density at radius 3 is 2.60 bits per heavy atom. The summed E-state index contributed by atoms with van der Waals surface area (Å²) in [5, 5.41) is 1.16. The number of nitrogen functional groups attached to an aromatic ring is 1. The van der Waals surface area contributed by atoms with Crippen LogP contribution in [0.15, 0.2) is 18.2 Å². The summed E-state index contributed by atoms with van der Waals surface area (Å²) in [6.45, 7) is 6.94. The summed E-state index contributed by atoms with van der Waals surface area (Å²) in [6, 6.07) is 5.99. The lowest BCUT2D eigenvalue weighted by molar-refractivity contribution is 0.199. The molecule has 0 aliphatic carbocycles. The third-order valence-corrected chi connectivity index (χ3v) is 6.07. The molecule has 0 saturated carbocycles. The molecule has 2 heterocycles. The van der Waals surface area contributed by atoms with Crippen molar-refractivity contribution in [2.75, 3.05) is 23.7 Å². The smallest absolute Gasteiger partial charge is 0.186 e. The monoisotopic (exact) mass is 289 g/mol. The Hall–Kier alpha value is -1.29. The first kappa shape index (κ1) is 13.7. The van der Waals surface area contributed by atoms with Crippen molar-refractivity contribution in [1.82, 2.24) is 4.98 Å². The first-order valence-electron chi connectivity index (χ1n) is 7.57. The Labute approximate surface area is 124 Å². The van der Waals surface area contributed by atoms with E-state index in [2.05, 4.69) is 18.7 Å². The maximum absolute atomic E-state index is 5.85. The van der Waals surface area contributed by atoms with Gasteiger partial charge in [-0.2, -0.15) is 0 Å². The zero-order valence-corrected chi connectivity index (χ0v) is 13.2. The van der Waals surface area contributed by atoms with Crippen LogP contribution >= 0.6 is 11.3 Å². The van der Waals surface area contributed by atoms with Gasteiger partial charge in [-0.15, -0.1) is 0 Å². The van der Waals surface area contributed by atoms with Crippen LogP contribution in [0.1, 0.15) is 39.5 Å². The number of piperidine rings is 1. The first-order valence-corrected chi connectivity index (χ1v) is 8.38. The van der Waals surface area contributed by atoms with Crippen molar-refractivity contribution >= 4 is 32.4 Å². The minimum absolute atomic E-state index is 0.567. The lowest BCUT2D eigenvalue weighted by Gasteiger charge is -2.40. The zero-order chi connectivity index (χ0) is 14.2. The van der Waals surface area contributed by atoms with Crippen molar-refractivity contribution < 1.29 is 0 Å². The second kappa shape index (κ2) is 5.24. The van der Waals surface area contributed by atoms with E-state index in [-0.39, 0.29) is 0 Å². The highest BCUT2D eigenvalue weighted by Gasteiger charge is 2.32. The fourth-order valence-electron chi connectivity index (χ4n) is 3.19. The lowest BCUT2D eigenvalue weighted by atomic mass is 9.74. The summed E-state index contributed by atoms with van der Waals surface area (Å²) in [5.74, 6) is 0. The molecule has 0 unspecified atom stereocenters. The van der Waals surface area contributed by atoms with Crippen LogP contribution in [0.4, 0.5) is 10.8 Å². The van der Waals surface area contributed by atoms with E-state index in [0.29, 0.717) is 5.41 Å². The Morgan fingerprint density at radius 2 is 1.95 bits per heavy atom. The lowest BCUT2D eigenvalue weighted by Crippen LogP contribution is -2.39. The molecule has 4 heteroatoms. The fraction of sp³-hybridized carbons (Fsp3) is 0.562. The summed E-state index contributed by atoms with van der Waals surface area (Å²) < 4.78 is 1.20. The van der Waals surface area contributed by atoms with E-state index in [4.69, 9.17) is 10.7 Å². The largest absolute Gasteiger partial charge is 0.399 e. The summed E-state index contributed by atoms with van der Waals surface area (Å²) in [4.78, 5) is 7.21. The summed E-state index contributed by atoms with van der Waals surface area (Å²) in [7, 11) is 0. The van der Waals surface area contributed by atoms with Crippen LogP contribution in [0.2, 0.25) is 0 Å². The number of aromatic nitrogens is 1. The SMILES string of the molecule is CCC1(CC)CCN(c2nc3ccc(N)cc3s2)CC1. The van der Waals surface area contributed by atoms with Gasteiger partial charge in [-0.1, -0.05) is 38.0 Å². The van der Waals surface area contributed by atoms with E-state index in [1.54, 1.807) is 11.3 Å².